The first kappa shape index (κ1) is 16.6. The van der Waals surface area contributed by atoms with Gasteiger partial charge in [-0.2, -0.15) is 5.10 Å². The summed E-state index contributed by atoms with van der Waals surface area (Å²) >= 11 is 6.03. The molecule has 5 heteroatoms. The first-order valence-corrected chi connectivity index (χ1v) is 9.28. The van der Waals surface area contributed by atoms with Gasteiger partial charge in [0.2, 0.25) is 0 Å². The van der Waals surface area contributed by atoms with Crippen molar-refractivity contribution in [2.45, 2.75) is 38.0 Å². The second-order valence-electron chi connectivity index (χ2n) is 6.64. The summed E-state index contributed by atoms with van der Waals surface area (Å²) in [6.45, 7) is 1.47. The molecule has 0 N–H and O–H groups in total. The van der Waals surface area contributed by atoms with Gasteiger partial charge in [-0.05, 0) is 62.4 Å². The SMILES string of the molecule is O=C1/C=C\CCCc2c1c(C1CCOCC1)nn2-c1ccc(Cl)cc1. The molecule has 1 fully saturated rings. The third-order valence-electron chi connectivity index (χ3n) is 4.99. The molecule has 1 aromatic carbocycles. The number of hydrogen-bond acceptors (Lipinski definition) is 3. The maximum atomic E-state index is 12.8. The fraction of sp³-hybridized carbons (Fsp3) is 0.400. The molecule has 0 spiro atoms. The minimum atomic E-state index is 0.0800. The quantitative estimate of drug-likeness (QED) is 0.796. The number of ketones is 1. The van der Waals surface area contributed by atoms with Crippen molar-refractivity contribution in [2.24, 2.45) is 0 Å². The zero-order valence-corrected chi connectivity index (χ0v) is 14.8. The molecule has 1 aliphatic carbocycles. The molecule has 4 nitrogen and oxygen atoms in total. The second-order valence-corrected chi connectivity index (χ2v) is 7.08. The average molecular weight is 357 g/mol. The predicted octanol–water partition coefficient (Wildman–Crippen LogP) is 4.49. The average Bonchev–Trinajstić information content (AvgIpc) is 3.00. The van der Waals surface area contributed by atoms with E-state index in [1.54, 1.807) is 6.08 Å². The van der Waals surface area contributed by atoms with Gasteiger partial charge in [0.1, 0.15) is 0 Å². The topological polar surface area (TPSA) is 44.1 Å². The largest absolute Gasteiger partial charge is 0.381 e. The molecule has 0 radical (unpaired) electrons. The minimum Gasteiger partial charge on any atom is -0.381 e. The number of aromatic nitrogens is 2. The van der Waals surface area contributed by atoms with Crippen molar-refractivity contribution in [2.75, 3.05) is 13.2 Å². The van der Waals surface area contributed by atoms with E-state index < -0.39 is 0 Å². The summed E-state index contributed by atoms with van der Waals surface area (Å²) in [6.07, 6.45) is 8.33. The van der Waals surface area contributed by atoms with Gasteiger partial charge in [0.05, 0.1) is 22.6 Å². The maximum Gasteiger partial charge on any atom is 0.189 e. The Hall–Kier alpha value is -1.91. The molecule has 2 aromatic rings. The van der Waals surface area contributed by atoms with Gasteiger partial charge in [-0.15, -0.1) is 0 Å². The number of allylic oxidation sites excluding steroid dienone is 2. The number of carbonyl (C=O) groups excluding carboxylic acids is 1. The third-order valence-corrected chi connectivity index (χ3v) is 5.24. The lowest BCUT2D eigenvalue weighted by Gasteiger charge is -2.21. The second kappa shape index (κ2) is 7.14. The van der Waals surface area contributed by atoms with Gasteiger partial charge >= 0.3 is 0 Å². The van der Waals surface area contributed by atoms with Gasteiger partial charge in [0, 0.05) is 24.2 Å². The van der Waals surface area contributed by atoms with Crippen LogP contribution in [0.1, 0.15) is 53.3 Å². The van der Waals surface area contributed by atoms with Crippen molar-refractivity contribution in [3.63, 3.8) is 0 Å². The number of carbonyl (C=O) groups is 1. The Kier molecular flexibility index (Phi) is 4.73. The Morgan fingerprint density at radius 1 is 1.16 bits per heavy atom. The molecule has 0 amide bonds. The molecule has 0 saturated carbocycles. The van der Waals surface area contributed by atoms with E-state index in [2.05, 4.69) is 0 Å². The van der Waals surface area contributed by atoms with Crippen LogP contribution < -0.4 is 0 Å². The van der Waals surface area contributed by atoms with Crippen molar-refractivity contribution in [3.05, 3.63) is 58.4 Å². The van der Waals surface area contributed by atoms with Crippen LogP contribution in [0.4, 0.5) is 0 Å². The molecular formula is C20H21ClN2O2. The molecule has 4 rings (SSSR count). The number of rotatable bonds is 2. The lowest BCUT2D eigenvalue weighted by Crippen LogP contribution is -2.17. The van der Waals surface area contributed by atoms with E-state index in [1.165, 1.54) is 0 Å². The molecular weight excluding hydrogens is 336 g/mol. The molecule has 0 bridgehead atoms. The van der Waals surface area contributed by atoms with E-state index in [9.17, 15) is 4.79 Å². The summed E-state index contributed by atoms with van der Waals surface area (Å²) in [7, 11) is 0. The predicted molar refractivity (Wildman–Crippen MR) is 97.8 cm³/mol. The van der Waals surface area contributed by atoms with Crippen molar-refractivity contribution in [1.82, 2.24) is 9.78 Å². The lowest BCUT2D eigenvalue weighted by molar-refractivity contribution is 0.0838. The van der Waals surface area contributed by atoms with Crippen molar-refractivity contribution in [1.29, 1.82) is 0 Å². The van der Waals surface area contributed by atoms with Crippen LogP contribution in [0.15, 0.2) is 36.4 Å². The van der Waals surface area contributed by atoms with E-state index in [-0.39, 0.29) is 11.7 Å². The Morgan fingerprint density at radius 3 is 2.68 bits per heavy atom. The third kappa shape index (κ3) is 3.29. The first-order valence-electron chi connectivity index (χ1n) is 8.90. The Balaban J connectivity index is 1.86. The Labute approximate surface area is 152 Å². The van der Waals surface area contributed by atoms with Crippen molar-refractivity contribution < 1.29 is 9.53 Å². The van der Waals surface area contributed by atoms with Crippen LogP contribution in [-0.4, -0.2) is 28.8 Å². The number of nitrogens with zero attached hydrogens (tertiary/aromatic N) is 2. The number of fused-ring (bicyclic) bond motifs is 1. The lowest BCUT2D eigenvalue weighted by atomic mass is 9.90. The molecule has 2 heterocycles. The maximum absolute atomic E-state index is 12.8. The fourth-order valence-corrected chi connectivity index (χ4v) is 3.81. The molecule has 2 aliphatic rings. The molecule has 0 atom stereocenters. The van der Waals surface area contributed by atoms with Gasteiger partial charge in [-0.3, -0.25) is 4.79 Å². The van der Waals surface area contributed by atoms with Crippen LogP contribution >= 0.6 is 11.6 Å². The van der Waals surface area contributed by atoms with E-state index in [0.29, 0.717) is 5.02 Å². The van der Waals surface area contributed by atoms with Crippen molar-refractivity contribution >= 4 is 17.4 Å². The number of benzene rings is 1. The van der Waals surface area contributed by atoms with Crippen LogP contribution in [0.25, 0.3) is 5.69 Å². The summed E-state index contributed by atoms with van der Waals surface area (Å²) in [5, 5.41) is 5.61. The minimum absolute atomic E-state index is 0.0800. The van der Waals surface area contributed by atoms with Gasteiger partial charge in [-0.25, -0.2) is 4.68 Å². The zero-order chi connectivity index (χ0) is 17.2. The van der Waals surface area contributed by atoms with Gasteiger partial charge < -0.3 is 4.74 Å². The summed E-state index contributed by atoms with van der Waals surface area (Å²) in [6, 6.07) is 7.65. The summed E-state index contributed by atoms with van der Waals surface area (Å²) < 4.78 is 7.45. The molecule has 0 unspecified atom stereocenters. The number of hydrogen-bond donors (Lipinski definition) is 0. The van der Waals surface area contributed by atoms with Crippen LogP contribution in [0.2, 0.25) is 5.02 Å². The summed E-state index contributed by atoms with van der Waals surface area (Å²) in [5.74, 6) is 0.365. The van der Waals surface area contributed by atoms with E-state index in [1.807, 2.05) is 35.0 Å². The van der Waals surface area contributed by atoms with Gasteiger partial charge in [-0.1, -0.05) is 17.7 Å². The Bertz CT molecular complexity index is 802. The van der Waals surface area contributed by atoms with Crippen LogP contribution in [0.3, 0.4) is 0 Å². The first-order chi connectivity index (χ1) is 12.2. The number of halogens is 1. The van der Waals surface area contributed by atoms with Crippen molar-refractivity contribution in [3.8, 4) is 5.69 Å². The molecule has 1 aliphatic heterocycles. The molecule has 1 saturated heterocycles. The molecule has 25 heavy (non-hydrogen) atoms. The van der Waals surface area contributed by atoms with Crippen LogP contribution in [-0.2, 0) is 11.2 Å². The fourth-order valence-electron chi connectivity index (χ4n) is 3.68. The smallest absolute Gasteiger partial charge is 0.189 e. The normalized spacial score (nSPS) is 20.0. The van der Waals surface area contributed by atoms with E-state index >= 15 is 0 Å². The highest BCUT2D eigenvalue weighted by Gasteiger charge is 2.29. The van der Waals surface area contributed by atoms with Crippen LogP contribution in [0.5, 0.6) is 0 Å². The van der Waals surface area contributed by atoms with E-state index in [0.717, 1.165) is 68.0 Å². The number of ether oxygens (including phenoxy) is 1. The van der Waals surface area contributed by atoms with Crippen LogP contribution in [0, 0.1) is 0 Å². The van der Waals surface area contributed by atoms with E-state index in [4.69, 9.17) is 21.4 Å². The highest BCUT2D eigenvalue weighted by Crippen LogP contribution is 2.33. The summed E-state index contributed by atoms with van der Waals surface area (Å²) in [5.41, 5.74) is 3.72. The summed E-state index contributed by atoms with van der Waals surface area (Å²) in [4.78, 5) is 12.8. The van der Waals surface area contributed by atoms with Gasteiger partial charge in [0.25, 0.3) is 0 Å². The molecule has 1 aromatic heterocycles. The monoisotopic (exact) mass is 356 g/mol. The highest BCUT2D eigenvalue weighted by atomic mass is 35.5. The van der Waals surface area contributed by atoms with Gasteiger partial charge in [0.15, 0.2) is 5.78 Å². The Morgan fingerprint density at radius 2 is 1.92 bits per heavy atom. The highest BCUT2D eigenvalue weighted by molar-refractivity contribution is 6.30. The molecule has 130 valence electrons. The standard InChI is InChI=1S/C20H21ClN2O2/c21-15-6-8-16(9-7-15)23-17-4-2-1-3-5-18(24)19(17)20(22-23)14-10-12-25-13-11-14/h3,5-9,14H,1-2,4,10-13H2/b5-3-. The zero-order valence-electron chi connectivity index (χ0n) is 14.1.